The molecule has 0 N–H and O–H groups in total. The number of rotatable bonds is 6. The van der Waals surface area contributed by atoms with Crippen LogP contribution in [0.3, 0.4) is 0 Å². The molecule has 116 valence electrons. The van der Waals surface area contributed by atoms with Gasteiger partial charge in [-0.2, -0.15) is 13.2 Å². The average molecular weight is 301 g/mol. The van der Waals surface area contributed by atoms with Crippen molar-refractivity contribution in [2.45, 2.75) is 32.9 Å². The van der Waals surface area contributed by atoms with E-state index in [-0.39, 0.29) is 24.3 Å². The van der Waals surface area contributed by atoms with E-state index < -0.39 is 17.5 Å². The van der Waals surface area contributed by atoms with Crippen LogP contribution in [0, 0.1) is 0 Å². The van der Waals surface area contributed by atoms with Gasteiger partial charge in [0.05, 0.1) is 5.56 Å². The van der Waals surface area contributed by atoms with Crippen LogP contribution in [0.25, 0.3) is 0 Å². The van der Waals surface area contributed by atoms with Crippen molar-refractivity contribution in [1.29, 1.82) is 0 Å². The molecule has 6 heteroatoms. The number of nitrogens with zero attached hydrogens (tertiary/aromatic N) is 1. The summed E-state index contributed by atoms with van der Waals surface area (Å²) in [4.78, 5) is 25.2. The summed E-state index contributed by atoms with van der Waals surface area (Å²) >= 11 is 0. The Balaban J connectivity index is 2.71. The minimum atomic E-state index is -4.48. The van der Waals surface area contributed by atoms with Crippen molar-refractivity contribution in [3.05, 3.63) is 35.4 Å². The molecule has 0 aliphatic rings. The van der Waals surface area contributed by atoms with E-state index in [9.17, 15) is 22.8 Å². The zero-order valence-electron chi connectivity index (χ0n) is 12.0. The maximum Gasteiger partial charge on any atom is 0.416 e. The molecule has 0 heterocycles. The number of halogens is 3. The summed E-state index contributed by atoms with van der Waals surface area (Å²) < 4.78 is 37.7. The van der Waals surface area contributed by atoms with Crippen molar-refractivity contribution >= 4 is 11.7 Å². The smallest absolute Gasteiger partial charge is 0.343 e. The molecule has 0 aliphatic carbocycles. The second-order valence-corrected chi connectivity index (χ2v) is 4.57. The van der Waals surface area contributed by atoms with Crippen molar-refractivity contribution in [3.63, 3.8) is 0 Å². The summed E-state index contributed by atoms with van der Waals surface area (Å²) in [6.45, 7) is 4.76. The lowest BCUT2D eigenvalue weighted by atomic mass is 10.0. The first-order valence-electron chi connectivity index (χ1n) is 6.77. The quantitative estimate of drug-likeness (QED) is 0.754. The molecule has 0 saturated carbocycles. The highest BCUT2D eigenvalue weighted by molar-refractivity contribution is 5.98. The van der Waals surface area contributed by atoms with Crippen LogP contribution in [0.5, 0.6) is 0 Å². The molecule has 0 unspecified atom stereocenters. The molecule has 1 aromatic carbocycles. The van der Waals surface area contributed by atoms with E-state index in [0.29, 0.717) is 13.1 Å². The van der Waals surface area contributed by atoms with Crippen LogP contribution >= 0.6 is 0 Å². The van der Waals surface area contributed by atoms with E-state index in [1.165, 1.54) is 12.1 Å². The Bertz CT molecular complexity index is 508. The minimum Gasteiger partial charge on any atom is -0.343 e. The van der Waals surface area contributed by atoms with Crippen LogP contribution in [-0.4, -0.2) is 29.7 Å². The third-order valence-corrected chi connectivity index (χ3v) is 3.19. The first-order chi connectivity index (χ1) is 9.79. The normalized spacial score (nSPS) is 11.3. The van der Waals surface area contributed by atoms with Crippen LogP contribution < -0.4 is 0 Å². The van der Waals surface area contributed by atoms with E-state index >= 15 is 0 Å². The summed E-state index contributed by atoms with van der Waals surface area (Å²) in [5, 5.41) is 0. The molecule has 1 amide bonds. The Morgan fingerprint density at radius 2 is 1.71 bits per heavy atom. The van der Waals surface area contributed by atoms with Crippen molar-refractivity contribution < 1.29 is 22.8 Å². The predicted octanol–water partition coefficient (Wildman–Crippen LogP) is 3.54. The molecule has 0 saturated heterocycles. The maximum atomic E-state index is 12.6. The fourth-order valence-corrected chi connectivity index (χ4v) is 1.97. The number of carbonyl (C=O) groups excluding carboxylic acids is 2. The lowest BCUT2D eigenvalue weighted by Crippen LogP contribution is -2.30. The number of hydrogen-bond acceptors (Lipinski definition) is 2. The maximum absolute atomic E-state index is 12.6. The highest BCUT2D eigenvalue weighted by Crippen LogP contribution is 2.29. The molecule has 1 rings (SSSR count). The molecule has 0 bridgehead atoms. The predicted molar refractivity (Wildman–Crippen MR) is 72.9 cm³/mol. The van der Waals surface area contributed by atoms with E-state index in [2.05, 4.69) is 0 Å². The molecular weight excluding hydrogens is 283 g/mol. The van der Waals surface area contributed by atoms with Crippen LogP contribution in [0.4, 0.5) is 13.2 Å². The third-order valence-electron chi connectivity index (χ3n) is 3.19. The van der Waals surface area contributed by atoms with Gasteiger partial charge in [0.2, 0.25) is 5.91 Å². The molecule has 0 radical (unpaired) electrons. The van der Waals surface area contributed by atoms with Gasteiger partial charge in [-0.1, -0.05) is 12.1 Å². The van der Waals surface area contributed by atoms with Gasteiger partial charge in [-0.25, -0.2) is 0 Å². The number of carbonyl (C=O) groups is 2. The van der Waals surface area contributed by atoms with E-state index in [0.717, 1.165) is 12.1 Å². The third kappa shape index (κ3) is 4.88. The van der Waals surface area contributed by atoms with Gasteiger partial charge in [-0.3, -0.25) is 9.59 Å². The fraction of sp³-hybridized carbons (Fsp3) is 0.467. The van der Waals surface area contributed by atoms with Crippen LogP contribution in [-0.2, 0) is 11.0 Å². The molecule has 0 spiro atoms. The number of Topliss-reactive ketones (excluding diaryl/α,β-unsaturated/α-hetero) is 1. The first-order valence-corrected chi connectivity index (χ1v) is 6.77. The van der Waals surface area contributed by atoms with Gasteiger partial charge in [0.25, 0.3) is 0 Å². The Morgan fingerprint density at radius 1 is 1.10 bits per heavy atom. The summed E-state index contributed by atoms with van der Waals surface area (Å²) in [5.41, 5.74) is -0.874. The monoisotopic (exact) mass is 301 g/mol. The van der Waals surface area contributed by atoms with Gasteiger partial charge in [-0.05, 0) is 26.0 Å². The summed E-state index contributed by atoms with van der Waals surface area (Å²) in [6.07, 6.45) is -4.55. The van der Waals surface area contributed by atoms with Crippen molar-refractivity contribution in [1.82, 2.24) is 4.90 Å². The largest absolute Gasteiger partial charge is 0.416 e. The number of benzene rings is 1. The molecule has 0 aromatic heterocycles. The SMILES string of the molecule is CCN(CC)C(=O)CCC(=O)c1cccc(C(F)(F)F)c1. The lowest BCUT2D eigenvalue weighted by molar-refractivity contribution is -0.137. The van der Waals surface area contributed by atoms with Gasteiger partial charge in [0.15, 0.2) is 5.78 Å². The molecule has 1 aromatic rings. The molecule has 0 atom stereocenters. The van der Waals surface area contributed by atoms with Crippen molar-refractivity contribution in [2.75, 3.05) is 13.1 Å². The highest BCUT2D eigenvalue weighted by atomic mass is 19.4. The van der Waals surface area contributed by atoms with Crippen molar-refractivity contribution in [2.24, 2.45) is 0 Å². The fourth-order valence-electron chi connectivity index (χ4n) is 1.97. The zero-order chi connectivity index (χ0) is 16.0. The van der Waals surface area contributed by atoms with E-state index in [4.69, 9.17) is 0 Å². The minimum absolute atomic E-state index is 0.0107. The number of amides is 1. The lowest BCUT2D eigenvalue weighted by Gasteiger charge is -2.18. The molecule has 21 heavy (non-hydrogen) atoms. The van der Waals surface area contributed by atoms with Gasteiger partial charge in [0.1, 0.15) is 0 Å². The zero-order valence-corrected chi connectivity index (χ0v) is 12.0. The standard InChI is InChI=1S/C15H18F3NO2/c1-3-19(4-2)14(21)9-8-13(20)11-6-5-7-12(10-11)15(16,17)18/h5-7,10H,3-4,8-9H2,1-2H3. The summed E-state index contributed by atoms with van der Waals surface area (Å²) in [7, 11) is 0. The molecule has 3 nitrogen and oxygen atoms in total. The summed E-state index contributed by atoms with van der Waals surface area (Å²) in [6, 6.07) is 4.27. The van der Waals surface area contributed by atoms with Crippen LogP contribution in [0.2, 0.25) is 0 Å². The first kappa shape index (κ1) is 17.2. The highest BCUT2D eigenvalue weighted by Gasteiger charge is 2.30. The van der Waals surface area contributed by atoms with Crippen LogP contribution in [0.1, 0.15) is 42.6 Å². The van der Waals surface area contributed by atoms with E-state index in [1.54, 1.807) is 4.90 Å². The van der Waals surface area contributed by atoms with E-state index in [1.807, 2.05) is 13.8 Å². The number of hydrogen-bond donors (Lipinski definition) is 0. The van der Waals surface area contributed by atoms with Crippen molar-refractivity contribution in [3.8, 4) is 0 Å². The number of ketones is 1. The van der Waals surface area contributed by atoms with Gasteiger partial charge in [-0.15, -0.1) is 0 Å². The second kappa shape index (κ2) is 7.24. The Labute approximate surface area is 121 Å². The number of alkyl halides is 3. The topological polar surface area (TPSA) is 37.4 Å². The second-order valence-electron chi connectivity index (χ2n) is 4.57. The molecule has 0 fully saturated rings. The van der Waals surface area contributed by atoms with Crippen LogP contribution in [0.15, 0.2) is 24.3 Å². The Hall–Kier alpha value is -1.85. The van der Waals surface area contributed by atoms with Gasteiger partial charge < -0.3 is 4.90 Å². The summed E-state index contributed by atoms with van der Waals surface area (Å²) in [5.74, 6) is -0.623. The molecule has 0 aliphatic heterocycles. The van der Waals surface area contributed by atoms with Gasteiger partial charge in [0, 0.05) is 31.5 Å². The Kier molecular flexibility index (Phi) is 5.93. The molecular formula is C15H18F3NO2. The average Bonchev–Trinajstić information content (AvgIpc) is 2.45. The Morgan fingerprint density at radius 3 is 2.24 bits per heavy atom. The van der Waals surface area contributed by atoms with Gasteiger partial charge >= 0.3 is 6.18 Å².